The number of rotatable bonds is 14. The fourth-order valence-corrected chi connectivity index (χ4v) is 2.59. The van der Waals surface area contributed by atoms with E-state index in [1.165, 1.54) is 0 Å². The van der Waals surface area contributed by atoms with Gasteiger partial charge in [-0.25, -0.2) is 0 Å². The van der Waals surface area contributed by atoms with E-state index < -0.39 is 0 Å². The summed E-state index contributed by atoms with van der Waals surface area (Å²) in [4.78, 5) is 0. The van der Waals surface area contributed by atoms with Gasteiger partial charge in [-0.1, -0.05) is 72.8 Å². The maximum Gasteiger partial charge on any atom is 0.0779 e. The van der Waals surface area contributed by atoms with Crippen molar-refractivity contribution in [3.8, 4) is 0 Å². The van der Waals surface area contributed by atoms with Gasteiger partial charge >= 0.3 is 0 Å². The Morgan fingerprint density at radius 3 is 1.44 bits per heavy atom. The molecule has 0 aliphatic rings. The average molecular weight is 367 g/mol. The lowest BCUT2D eigenvalue weighted by molar-refractivity contribution is 0.0181. The molecule has 0 aliphatic carbocycles. The van der Waals surface area contributed by atoms with Crippen LogP contribution in [0.15, 0.2) is 86.0 Å². The zero-order valence-electron chi connectivity index (χ0n) is 16.0. The molecule has 2 unspecified atom stereocenters. The molecule has 3 heteroatoms. The van der Waals surface area contributed by atoms with Crippen LogP contribution in [0.4, 0.5) is 0 Å². The fourth-order valence-electron chi connectivity index (χ4n) is 2.59. The highest BCUT2D eigenvalue weighted by atomic mass is 16.5. The third kappa shape index (κ3) is 8.83. The summed E-state index contributed by atoms with van der Waals surface area (Å²) in [5.41, 5.74) is 2.32. The first-order chi connectivity index (χ1) is 13.3. The monoisotopic (exact) mass is 366 g/mol. The van der Waals surface area contributed by atoms with E-state index in [0.29, 0.717) is 26.4 Å². The quantitative estimate of drug-likeness (QED) is 0.334. The normalized spacial score (nSPS) is 13.0. The van der Waals surface area contributed by atoms with Crippen LogP contribution in [0.3, 0.4) is 0 Å². The van der Waals surface area contributed by atoms with Crippen molar-refractivity contribution >= 4 is 0 Å². The molecule has 0 saturated heterocycles. The standard InChI is InChI=1S/C24H30O3/c1-3-23(26-19-21-11-7-5-8-12-21)15-17-25-18-16-24(4-2)27-20-22-13-9-6-10-14-22/h3-14,23-24H,1-2,15-20H2. The van der Waals surface area contributed by atoms with Gasteiger partial charge in [0, 0.05) is 26.1 Å². The second-order valence-corrected chi connectivity index (χ2v) is 6.33. The molecule has 0 aromatic heterocycles. The molecule has 0 amide bonds. The van der Waals surface area contributed by atoms with E-state index in [1.807, 2.05) is 48.6 Å². The third-order valence-corrected chi connectivity index (χ3v) is 4.23. The minimum atomic E-state index is -0.00487. The molecular weight excluding hydrogens is 336 g/mol. The highest BCUT2D eigenvalue weighted by Gasteiger charge is 2.07. The molecule has 0 saturated carbocycles. The Bertz CT molecular complexity index is 582. The van der Waals surface area contributed by atoms with Gasteiger partial charge in [0.15, 0.2) is 0 Å². The van der Waals surface area contributed by atoms with Crippen molar-refractivity contribution in [2.45, 2.75) is 38.3 Å². The van der Waals surface area contributed by atoms with Gasteiger partial charge in [0.2, 0.25) is 0 Å². The van der Waals surface area contributed by atoms with E-state index in [0.717, 1.165) is 24.0 Å². The van der Waals surface area contributed by atoms with Gasteiger partial charge in [0.05, 0.1) is 25.4 Å². The highest BCUT2D eigenvalue weighted by Crippen LogP contribution is 2.09. The lowest BCUT2D eigenvalue weighted by atomic mass is 10.2. The second kappa shape index (κ2) is 13.0. The van der Waals surface area contributed by atoms with Crippen LogP contribution in [0.5, 0.6) is 0 Å². The molecule has 2 aromatic carbocycles. The number of hydrogen-bond acceptors (Lipinski definition) is 3. The molecule has 0 bridgehead atoms. The fraction of sp³-hybridized carbons (Fsp3) is 0.333. The van der Waals surface area contributed by atoms with Crippen molar-refractivity contribution < 1.29 is 14.2 Å². The first-order valence-electron chi connectivity index (χ1n) is 9.45. The minimum Gasteiger partial charge on any atom is -0.381 e. The lowest BCUT2D eigenvalue weighted by Gasteiger charge is -2.16. The van der Waals surface area contributed by atoms with E-state index >= 15 is 0 Å². The smallest absolute Gasteiger partial charge is 0.0779 e. The molecule has 0 spiro atoms. The molecule has 27 heavy (non-hydrogen) atoms. The Morgan fingerprint density at radius 1 is 0.667 bits per heavy atom. The summed E-state index contributed by atoms with van der Waals surface area (Å²) in [5, 5.41) is 0. The molecule has 144 valence electrons. The molecular formula is C24H30O3. The Kier molecular flexibility index (Phi) is 10.2. The van der Waals surface area contributed by atoms with E-state index in [-0.39, 0.29) is 12.2 Å². The summed E-state index contributed by atoms with van der Waals surface area (Å²) >= 11 is 0. The third-order valence-electron chi connectivity index (χ3n) is 4.23. The minimum absolute atomic E-state index is 0.00487. The van der Waals surface area contributed by atoms with E-state index in [2.05, 4.69) is 37.4 Å². The van der Waals surface area contributed by atoms with E-state index in [1.54, 1.807) is 0 Å². The van der Waals surface area contributed by atoms with Crippen LogP contribution < -0.4 is 0 Å². The summed E-state index contributed by atoms with van der Waals surface area (Å²) in [7, 11) is 0. The maximum absolute atomic E-state index is 5.87. The second-order valence-electron chi connectivity index (χ2n) is 6.33. The van der Waals surface area contributed by atoms with Gasteiger partial charge < -0.3 is 14.2 Å². The Morgan fingerprint density at radius 2 is 1.07 bits per heavy atom. The molecule has 2 rings (SSSR count). The van der Waals surface area contributed by atoms with Crippen LogP contribution >= 0.6 is 0 Å². The van der Waals surface area contributed by atoms with Crippen LogP contribution in [0, 0.1) is 0 Å². The Labute approximate surface area is 163 Å². The first-order valence-corrected chi connectivity index (χ1v) is 9.45. The van der Waals surface area contributed by atoms with Crippen LogP contribution in [0.2, 0.25) is 0 Å². The lowest BCUT2D eigenvalue weighted by Crippen LogP contribution is -2.16. The van der Waals surface area contributed by atoms with Gasteiger partial charge in [0.25, 0.3) is 0 Å². The molecule has 0 heterocycles. The molecule has 0 N–H and O–H groups in total. The predicted octanol–water partition coefficient (Wildman–Crippen LogP) is 5.33. The van der Waals surface area contributed by atoms with Crippen molar-refractivity contribution in [2.75, 3.05) is 13.2 Å². The van der Waals surface area contributed by atoms with Crippen LogP contribution in [0.25, 0.3) is 0 Å². The van der Waals surface area contributed by atoms with E-state index in [9.17, 15) is 0 Å². The molecule has 0 aliphatic heterocycles. The number of ether oxygens (including phenoxy) is 3. The molecule has 0 fully saturated rings. The van der Waals surface area contributed by atoms with Gasteiger partial charge in [-0.05, 0) is 11.1 Å². The number of benzene rings is 2. The van der Waals surface area contributed by atoms with Crippen molar-refractivity contribution in [3.05, 3.63) is 97.1 Å². The SMILES string of the molecule is C=CC(CCOCCC(C=C)OCc1ccccc1)OCc1ccccc1. The van der Waals surface area contributed by atoms with Crippen molar-refractivity contribution in [2.24, 2.45) is 0 Å². The first kappa shape index (κ1) is 21.1. The maximum atomic E-state index is 5.87. The topological polar surface area (TPSA) is 27.7 Å². The largest absolute Gasteiger partial charge is 0.381 e. The average Bonchev–Trinajstić information content (AvgIpc) is 2.73. The summed E-state index contributed by atoms with van der Waals surface area (Å²) in [6.45, 7) is 10.1. The van der Waals surface area contributed by atoms with Crippen LogP contribution in [0.1, 0.15) is 24.0 Å². The molecule has 3 nitrogen and oxygen atoms in total. The summed E-state index contributed by atoms with van der Waals surface area (Å²) < 4.78 is 17.5. The van der Waals surface area contributed by atoms with E-state index in [4.69, 9.17) is 14.2 Å². The zero-order valence-corrected chi connectivity index (χ0v) is 16.0. The Hall–Kier alpha value is -2.20. The van der Waals surface area contributed by atoms with Crippen LogP contribution in [-0.4, -0.2) is 25.4 Å². The summed E-state index contributed by atoms with van der Waals surface area (Å²) in [5.74, 6) is 0. The summed E-state index contributed by atoms with van der Waals surface area (Å²) in [6.07, 6.45) is 5.24. The van der Waals surface area contributed by atoms with Crippen LogP contribution in [-0.2, 0) is 27.4 Å². The highest BCUT2D eigenvalue weighted by molar-refractivity contribution is 5.14. The van der Waals surface area contributed by atoms with Gasteiger partial charge in [-0.15, -0.1) is 13.2 Å². The summed E-state index contributed by atoms with van der Waals surface area (Å²) in [6, 6.07) is 20.3. The molecule has 2 aromatic rings. The van der Waals surface area contributed by atoms with Gasteiger partial charge in [-0.3, -0.25) is 0 Å². The van der Waals surface area contributed by atoms with Gasteiger partial charge in [0.1, 0.15) is 0 Å². The number of hydrogen-bond donors (Lipinski definition) is 0. The predicted molar refractivity (Wildman–Crippen MR) is 110 cm³/mol. The molecule has 2 atom stereocenters. The zero-order chi connectivity index (χ0) is 19.2. The van der Waals surface area contributed by atoms with Crippen molar-refractivity contribution in [1.29, 1.82) is 0 Å². The Balaban J connectivity index is 1.57. The van der Waals surface area contributed by atoms with Gasteiger partial charge in [-0.2, -0.15) is 0 Å². The van der Waals surface area contributed by atoms with Crippen molar-refractivity contribution in [1.82, 2.24) is 0 Å². The molecule has 0 radical (unpaired) electrons. The van der Waals surface area contributed by atoms with Crippen molar-refractivity contribution in [3.63, 3.8) is 0 Å².